The van der Waals surface area contributed by atoms with Gasteiger partial charge in [0.2, 0.25) is 0 Å². The molecule has 4 nitrogen and oxygen atoms in total. The molecule has 0 atom stereocenters. The minimum Gasteiger partial charge on any atom is -0.480 e. The Morgan fingerprint density at radius 1 is 1.67 bits per heavy atom. The molecule has 0 unspecified atom stereocenters. The van der Waals surface area contributed by atoms with Crippen LogP contribution in [0.3, 0.4) is 0 Å². The lowest BCUT2D eigenvalue weighted by Gasteiger charge is -1.89. The highest BCUT2D eigenvalue weighted by molar-refractivity contribution is 5.69. The minimum absolute atomic E-state index is 0.162. The molecule has 0 saturated heterocycles. The molecule has 0 fully saturated rings. The topological polar surface area (TPSA) is 66.4 Å². The van der Waals surface area contributed by atoms with Gasteiger partial charge < -0.3 is 10.4 Å². The largest absolute Gasteiger partial charge is 0.480 e. The fraction of sp³-hybridized carbons (Fsp3) is 0.200. The van der Waals surface area contributed by atoms with Crippen LogP contribution in [0, 0.1) is 0 Å². The third kappa shape index (κ3) is 6.68. The van der Waals surface area contributed by atoms with Gasteiger partial charge in [-0.15, -0.1) is 0 Å². The summed E-state index contributed by atoms with van der Waals surface area (Å²) in [6.07, 6.45) is 3.03. The molecule has 4 heteroatoms. The Bertz CT molecular complexity index is 130. The molecular weight excluding hydrogens is 122 g/mol. The van der Waals surface area contributed by atoms with Crippen molar-refractivity contribution in [2.24, 2.45) is 0 Å². The quantitative estimate of drug-likeness (QED) is 0.392. The summed E-state index contributed by atoms with van der Waals surface area (Å²) in [5.41, 5.74) is 0. The van der Waals surface area contributed by atoms with Crippen molar-refractivity contribution in [3.63, 3.8) is 0 Å². The first-order valence-corrected chi connectivity index (χ1v) is 2.33. The molecule has 0 aliphatic rings. The molecule has 0 saturated carbocycles. The van der Waals surface area contributed by atoms with Crippen molar-refractivity contribution in [1.29, 1.82) is 0 Å². The highest BCUT2D eigenvalue weighted by Gasteiger charge is 1.88. The van der Waals surface area contributed by atoms with Gasteiger partial charge in [0.05, 0.1) is 0 Å². The number of hydrogen-bond acceptors (Lipinski definition) is 3. The Balaban J connectivity index is 3.19. The van der Waals surface area contributed by atoms with Crippen LogP contribution in [0.5, 0.6) is 0 Å². The Labute approximate surface area is 52.2 Å². The molecule has 0 aliphatic carbocycles. The second-order valence-corrected chi connectivity index (χ2v) is 1.27. The van der Waals surface area contributed by atoms with Crippen LogP contribution in [0.15, 0.2) is 12.3 Å². The highest BCUT2D eigenvalue weighted by atomic mass is 16.4. The molecule has 2 N–H and O–H groups in total. The Morgan fingerprint density at radius 2 is 2.33 bits per heavy atom. The van der Waals surface area contributed by atoms with E-state index in [0.717, 1.165) is 0 Å². The maximum Gasteiger partial charge on any atom is 0.322 e. The maximum atomic E-state index is 9.78. The van der Waals surface area contributed by atoms with E-state index in [9.17, 15) is 9.59 Å². The van der Waals surface area contributed by atoms with E-state index in [-0.39, 0.29) is 6.54 Å². The van der Waals surface area contributed by atoms with Crippen LogP contribution in [0.25, 0.3) is 0 Å². The number of carbonyl (C=O) groups is 2. The average molecular weight is 129 g/mol. The Kier molecular flexibility index (Phi) is 4.12. The van der Waals surface area contributed by atoms with Gasteiger partial charge in [0.25, 0.3) is 0 Å². The van der Waals surface area contributed by atoms with Gasteiger partial charge >= 0.3 is 5.97 Å². The van der Waals surface area contributed by atoms with Crippen LogP contribution in [0.2, 0.25) is 0 Å². The van der Waals surface area contributed by atoms with Gasteiger partial charge in [0, 0.05) is 6.20 Å². The maximum absolute atomic E-state index is 9.78. The molecule has 0 heterocycles. The molecule has 0 amide bonds. The molecule has 0 spiro atoms. The van der Waals surface area contributed by atoms with E-state index in [1.165, 1.54) is 12.3 Å². The zero-order valence-corrected chi connectivity index (χ0v) is 4.70. The lowest BCUT2D eigenvalue weighted by atomic mass is 10.6. The number of aliphatic carboxylic acids is 1. The van der Waals surface area contributed by atoms with Gasteiger partial charge in [-0.05, 0) is 6.08 Å². The second-order valence-electron chi connectivity index (χ2n) is 1.27. The predicted molar refractivity (Wildman–Crippen MR) is 30.8 cm³/mol. The number of carboxylic acids is 1. The third-order valence-corrected chi connectivity index (χ3v) is 0.546. The van der Waals surface area contributed by atoms with Gasteiger partial charge in [-0.3, -0.25) is 9.59 Å². The lowest BCUT2D eigenvalue weighted by molar-refractivity contribution is -0.135. The van der Waals surface area contributed by atoms with Gasteiger partial charge in [0.15, 0.2) is 0 Å². The van der Waals surface area contributed by atoms with E-state index in [4.69, 9.17) is 5.11 Å². The lowest BCUT2D eigenvalue weighted by Crippen LogP contribution is -2.16. The number of hydrogen-bond donors (Lipinski definition) is 2. The summed E-state index contributed by atoms with van der Waals surface area (Å²) in [7, 11) is 0. The summed E-state index contributed by atoms with van der Waals surface area (Å²) >= 11 is 0. The number of aldehydes is 1. The molecule has 0 aromatic heterocycles. The van der Waals surface area contributed by atoms with Gasteiger partial charge in [-0.1, -0.05) is 0 Å². The van der Waals surface area contributed by atoms with Crippen LogP contribution in [-0.2, 0) is 9.59 Å². The van der Waals surface area contributed by atoms with E-state index in [2.05, 4.69) is 5.32 Å². The monoisotopic (exact) mass is 129 g/mol. The van der Waals surface area contributed by atoms with Crippen molar-refractivity contribution in [3.8, 4) is 0 Å². The molecule has 0 aromatic rings. The van der Waals surface area contributed by atoms with Crippen LogP contribution in [-0.4, -0.2) is 23.9 Å². The molecular formula is C5H7NO3. The summed E-state index contributed by atoms with van der Waals surface area (Å²) in [5.74, 6) is -0.953. The number of nitrogens with one attached hydrogen (secondary N) is 1. The summed E-state index contributed by atoms with van der Waals surface area (Å²) < 4.78 is 0. The molecule has 0 aliphatic heterocycles. The normalized spacial score (nSPS) is 9.33. The Hall–Kier alpha value is -1.32. The van der Waals surface area contributed by atoms with Crippen LogP contribution < -0.4 is 5.32 Å². The summed E-state index contributed by atoms with van der Waals surface area (Å²) in [4.78, 5) is 19.4. The Morgan fingerprint density at radius 3 is 2.78 bits per heavy atom. The number of rotatable bonds is 4. The molecule has 0 bridgehead atoms. The van der Waals surface area contributed by atoms with E-state index >= 15 is 0 Å². The zero-order chi connectivity index (χ0) is 7.11. The number of carbonyl (C=O) groups excluding carboxylic acids is 1. The standard InChI is InChI=1S/C5H7NO3/c7-3-1-2-6-4-5(8)9/h1-3,6H,4H2,(H,8,9)/b2-1+. The molecule has 50 valence electrons. The minimum atomic E-state index is -0.953. The van der Waals surface area contributed by atoms with E-state index < -0.39 is 5.97 Å². The highest BCUT2D eigenvalue weighted by Crippen LogP contribution is 1.61. The van der Waals surface area contributed by atoms with Crippen molar-refractivity contribution >= 4 is 12.3 Å². The number of allylic oxidation sites excluding steroid dienone is 1. The SMILES string of the molecule is O=C/C=C/NCC(=O)O. The summed E-state index contributed by atoms with van der Waals surface area (Å²) in [6.45, 7) is -0.162. The molecule has 0 aromatic carbocycles. The fourth-order valence-corrected chi connectivity index (χ4v) is 0.254. The van der Waals surface area contributed by atoms with Crippen LogP contribution in [0.4, 0.5) is 0 Å². The molecule has 0 radical (unpaired) electrons. The average Bonchev–Trinajstić information content (AvgIpc) is 1.80. The van der Waals surface area contributed by atoms with Crippen molar-refractivity contribution in [1.82, 2.24) is 5.32 Å². The van der Waals surface area contributed by atoms with Crippen LogP contribution >= 0.6 is 0 Å². The van der Waals surface area contributed by atoms with Crippen molar-refractivity contribution in [2.45, 2.75) is 0 Å². The first-order chi connectivity index (χ1) is 4.27. The van der Waals surface area contributed by atoms with Crippen LogP contribution in [0.1, 0.15) is 0 Å². The van der Waals surface area contributed by atoms with Crippen molar-refractivity contribution < 1.29 is 14.7 Å². The fourth-order valence-electron chi connectivity index (χ4n) is 0.254. The third-order valence-electron chi connectivity index (χ3n) is 0.546. The van der Waals surface area contributed by atoms with E-state index in [0.29, 0.717) is 6.29 Å². The van der Waals surface area contributed by atoms with Gasteiger partial charge in [0.1, 0.15) is 12.8 Å². The van der Waals surface area contributed by atoms with Crippen molar-refractivity contribution in [3.05, 3.63) is 12.3 Å². The van der Waals surface area contributed by atoms with E-state index in [1.54, 1.807) is 0 Å². The van der Waals surface area contributed by atoms with E-state index in [1.807, 2.05) is 0 Å². The zero-order valence-electron chi connectivity index (χ0n) is 4.70. The summed E-state index contributed by atoms with van der Waals surface area (Å²) in [6, 6.07) is 0. The molecule has 0 rings (SSSR count). The smallest absolute Gasteiger partial charge is 0.322 e. The second kappa shape index (κ2) is 4.83. The first kappa shape index (κ1) is 7.68. The molecule has 9 heavy (non-hydrogen) atoms. The van der Waals surface area contributed by atoms with Gasteiger partial charge in [-0.2, -0.15) is 0 Å². The first-order valence-electron chi connectivity index (χ1n) is 2.33. The van der Waals surface area contributed by atoms with Crippen molar-refractivity contribution in [2.75, 3.05) is 6.54 Å². The van der Waals surface area contributed by atoms with Gasteiger partial charge in [-0.25, -0.2) is 0 Å². The predicted octanol–water partition coefficient (Wildman–Crippen LogP) is -0.627. The summed E-state index contributed by atoms with van der Waals surface area (Å²) in [5, 5.41) is 10.4. The number of carboxylic acid groups (broad SMARTS) is 1.